The zero-order valence-corrected chi connectivity index (χ0v) is 18.2. The van der Waals surface area contributed by atoms with E-state index in [1.807, 2.05) is 24.3 Å². The molecule has 1 heterocycles. The van der Waals surface area contributed by atoms with E-state index >= 15 is 0 Å². The number of nitrogens with zero attached hydrogens (tertiary/aromatic N) is 1. The molecule has 0 radical (unpaired) electrons. The van der Waals surface area contributed by atoms with Gasteiger partial charge in [0, 0.05) is 0 Å². The van der Waals surface area contributed by atoms with Gasteiger partial charge in [0.25, 0.3) is 0 Å². The molecule has 0 spiro atoms. The van der Waals surface area contributed by atoms with Gasteiger partial charge in [0.05, 0.1) is 0 Å². The molecule has 146 valence electrons. The summed E-state index contributed by atoms with van der Waals surface area (Å²) < 4.78 is 28.9. The van der Waals surface area contributed by atoms with Gasteiger partial charge in [-0.05, 0) is 6.07 Å². The Kier molecular flexibility index (Phi) is 6.95. The summed E-state index contributed by atoms with van der Waals surface area (Å²) >= 11 is 3.27. The van der Waals surface area contributed by atoms with Gasteiger partial charge < -0.3 is 0 Å². The molecule has 1 amide bonds. The second-order valence-corrected chi connectivity index (χ2v) is 9.65. The molecular weight excluding hydrogens is 545 g/mol. The van der Waals surface area contributed by atoms with Gasteiger partial charge in [-0.15, -0.1) is 0 Å². The predicted molar refractivity (Wildman–Crippen MR) is 101 cm³/mol. The molecule has 28 heavy (non-hydrogen) atoms. The summed E-state index contributed by atoms with van der Waals surface area (Å²) in [6.07, 6.45) is 1.50. The molecule has 2 aromatic carbocycles. The third-order valence-corrected chi connectivity index (χ3v) is 7.49. The molecule has 1 aromatic heterocycles. The molecule has 0 bridgehead atoms. The molecule has 0 aliphatic rings. The average Bonchev–Trinajstić information content (AvgIpc) is 2.70. The number of benzene rings is 2. The van der Waals surface area contributed by atoms with Gasteiger partial charge in [0.2, 0.25) is 0 Å². The molecule has 8 heteroatoms. The summed E-state index contributed by atoms with van der Waals surface area (Å²) in [4.78, 5) is 25.1. The summed E-state index contributed by atoms with van der Waals surface area (Å²) in [7, 11) is 0. The quantitative estimate of drug-likeness (QED) is 0.452. The zero-order chi connectivity index (χ0) is 20.1. The van der Waals surface area contributed by atoms with E-state index in [0.29, 0.717) is 12.1 Å². The van der Waals surface area contributed by atoms with E-state index in [9.17, 15) is 18.4 Å². The van der Waals surface area contributed by atoms with Gasteiger partial charge in [-0.1, -0.05) is 0 Å². The van der Waals surface area contributed by atoms with E-state index in [0.717, 1.165) is 17.7 Å². The van der Waals surface area contributed by atoms with Crippen LogP contribution < -0.4 is 29.9 Å². The molecule has 0 unspecified atom stereocenters. The van der Waals surface area contributed by atoms with Crippen LogP contribution in [0.1, 0.15) is 21.5 Å². The first-order valence-electron chi connectivity index (χ1n) is 8.24. The van der Waals surface area contributed by atoms with E-state index in [2.05, 4.69) is 18.0 Å². The minimum atomic E-state index is -0.979. The van der Waals surface area contributed by atoms with Crippen LogP contribution in [-0.4, -0.2) is 10.5 Å². The fourth-order valence-electron chi connectivity index (χ4n) is 2.64. The molecule has 0 fully saturated rings. The maximum atomic E-state index is 13.4. The van der Waals surface area contributed by atoms with Gasteiger partial charge >= 0.3 is 151 Å². The van der Waals surface area contributed by atoms with E-state index in [1.54, 1.807) is 6.07 Å². The van der Waals surface area contributed by atoms with Gasteiger partial charge in [0.1, 0.15) is 0 Å². The maximum absolute atomic E-state index is 13.4. The topological polar surface area (TPSA) is 51.1 Å². The van der Waals surface area contributed by atoms with Crippen LogP contribution in [0, 0.1) is 15.2 Å². The van der Waals surface area contributed by atoms with E-state index in [-0.39, 0.29) is 31.1 Å². The first kappa shape index (κ1) is 20.7. The van der Waals surface area contributed by atoms with Crippen molar-refractivity contribution in [1.82, 2.24) is 9.88 Å². The first-order chi connectivity index (χ1) is 13.5. The monoisotopic (exact) mass is 559 g/mol. The molecule has 3 aromatic rings. The molecule has 1 N–H and O–H groups in total. The van der Waals surface area contributed by atoms with Crippen molar-refractivity contribution in [3.8, 4) is 0 Å². The third kappa shape index (κ3) is 5.05. The molecule has 0 aliphatic carbocycles. The number of pyridine rings is 1. The molecule has 0 atom stereocenters. The number of amides is 1. The SMILES string of the molecule is O=C(NCc1cccc([I-]Br)c1)c1cccn(Cc2ccc(F)c(F)c2)c1=O. The number of carbonyl (C=O) groups is 1. The van der Waals surface area contributed by atoms with Crippen LogP contribution >= 0.6 is 12.7 Å². The summed E-state index contributed by atoms with van der Waals surface area (Å²) in [5, 5.41) is 2.75. The molecule has 4 nitrogen and oxygen atoms in total. The number of carbonyl (C=O) groups excluding carboxylic acids is 1. The number of hydrogen-bond donors (Lipinski definition) is 1. The van der Waals surface area contributed by atoms with Crippen molar-refractivity contribution in [2.75, 3.05) is 0 Å². The Balaban J connectivity index is 1.75. The van der Waals surface area contributed by atoms with Gasteiger partial charge in [-0.2, -0.15) is 0 Å². The summed E-state index contributed by atoms with van der Waals surface area (Å²) in [5.74, 6) is -2.41. The van der Waals surface area contributed by atoms with E-state index < -0.39 is 23.1 Å². The van der Waals surface area contributed by atoms with Crippen LogP contribution in [0.15, 0.2) is 65.6 Å². The Morgan fingerprint density at radius 3 is 2.61 bits per heavy atom. The molecule has 0 saturated carbocycles. The Morgan fingerprint density at radius 2 is 1.86 bits per heavy atom. The summed E-state index contributed by atoms with van der Waals surface area (Å²) in [6.45, 7) is 0.342. The number of nitrogens with one attached hydrogen (secondary N) is 1. The van der Waals surface area contributed by atoms with Crippen LogP contribution in [-0.2, 0) is 13.1 Å². The van der Waals surface area contributed by atoms with Crippen molar-refractivity contribution in [2.24, 2.45) is 0 Å². The molecule has 0 saturated heterocycles. The van der Waals surface area contributed by atoms with Crippen molar-refractivity contribution >= 4 is 18.6 Å². The van der Waals surface area contributed by atoms with Crippen LogP contribution in [0.25, 0.3) is 0 Å². The fourth-order valence-corrected chi connectivity index (χ4v) is 4.75. The van der Waals surface area contributed by atoms with Crippen LogP contribution in [0.5, 0.6) is 0 Å². The van der Waals surface area contributed by atoms with Crippen molar-refractivity contribution in [3.63, 3.8) is 0 Å². The van der Waals surface area contributed by atoms with E-state index in [4.69, 9.17) is 0 Å². The Hall–Kier alpha value is -2.07. The van der Waals surface area contributed by atoms with Crippen molar-refractivity contribution < 1.29 is 32.6 Å². The summed E-state index contributed by atoms with van der Waals surface area (Å²) in [5.41, 5.74) is 0.871. The predicted octanol–water partition coefficient (Wildman–Crippen LogP) is 0.673. The van der Waals surface area contributed by atoms with Crippen molar-refractivity contribution in [1.29, 1.82) is 0 Å². The number of rotatable bonds is 6. The molecular formula is C20H15BrF2IN2O2-. The third-order valence-electron chi connectivity index (χ3n) is 4.03. The minimum absolute atomic E-state index is 0.00541. The number of halogens is 4. The normalized spacial score (nSPS) is 10.8. The Labute approximate surface area is 176 Å². The van der Waals surface area contributed by atoms with Crippen molar-refractivity contribution in [3.05, 3.63) is 103 Å². The number of hydrogen-bond acceptors (Lipinski definition) is 2. The molecule has 3 rings (SSSR count). The fraction of sp³-hybridized carbons (Fsp3) is 0.100. The Morgan fingerprint density at radius 1 is 1.04 bits per heavy atom. The van der Waals surface area contributed by atoms with E-state index in [1.165, 1.54) is 26.5 Å². The second kappa shape index (κ2) is 9.42. The van der Waals surface area contributed by atoms with Gasteiger partial charge in [-0.25, -0.2) is 8.78 Å². The zero-order valence-electron chi connectivity index (χ0n) is 14.5. The van der Waals surface area contributed by atoms with Gasteiger partial charge in [0.15, 0.2) is 11.6 Å². The number of aromatic nitrogens is 1. The Bertz CT molecular complexity index is 1070. The second-order valence-electron chi connectivity index (χ2n) is 5.99. The van der Waals surface area contributed by atoms with Crippen LogP contribution in [0.3, 0.4) is 0 Å². The van der Waals surface area contributed by atoms with Gasteiger partial charge in [-0.3, -0.25) is 0 Å². The standard InChI is InChI=1S/C20H15BrF2IN2O2/c21-24-15-4-1-3-13(9-15)11-25-19(27)16-5-2-8-26(20(16)28)12-14-6-7-17(22)18(23)10-14/h1-10H,11-12H2,(H,25,27)/q-1. The van der Waals surface area contributed by atoms with Crippen LogP contribution in [0.2, 0.25) is 0 Å². The average molecular weight is 560 g/mol. The van der Waals surface area contributed by atoms with Crippen molar-refractivity contribution in [2.45, 2.75) is 13.1 Å². The first-order valence-corrected chi connectivity index (χ1v) is 14.2. The summed E-state index contributed by atoms with van der Waals surface area (Å²) in [6, 6.07) is 14.3. The van der Waals surface area contributed by atoms with Crippen LogP contribution in [0.4, 0.5) is 8.78 Å². The molecule has 0 aliphatic heterocycles.